The van der Waals surface area contributed by atoms with Crippen LogP contribution in [0.5, 0.6) is 0 Å². The van der Waals surface area contributed by atoms with Gasteiger partial charge in [0.1, 0.15) is 0 Å². The van der Waals surface area contributed by atoms with Gasteiger partial charge in [0.05, 0.1) is 0 Å². The summed E-state index contributed by atoms with van der Waals surface area (Å²) >= 11 is 0. The summed E-state index contributed by atoms with van der Waals surface area (Å²) in [5.41, 5.74) is 17.0. The van der Waals surface area contributed by atoms with Crippen molar-refractivity contribution in [2.75, 3.05) is 13.1 Å². The van der Waals surface area contributed by atoms with Crippen LogP contribution in [0.3, 0.4) is 0 Å². The van der Waals surface area contributed by atoms with Gasteiger partial charge in [-0.05, 0) is 95.4 Å². The van der Waals surface area contributed by atoms with E-state index >= 15 is 0 Å². The average Bonchev–Trinajstić information content (AvgIpc) is 2.62. The molecule has 32 heavy (non-hydrogen) atoms. The van der Waals surface area contributed by atoms with Crippen molar-refractivity contribution in [3.05, 3.63) is 34.9 Å². The molecule has 186 valence electrons. The topological polar surface area (TPSA) is 52.0 Å². The zero-order valence-corrected chi connectivity index (χ0v) is 23.5. The van der Waals surface area contributed by atoms with E-state index in [1.807, 2.05) is 0 Å². The fourth-order valence-electron chi connectivity index (χ4n) is 5.78. The minimum absolute atomic E-state index is 0.110. The van der Waals surface area contributed by atoms with Crippen molar-refractivity contribution in [1.82, 2.24) is 0 Å². The Morgan fingerprint density at radius 3 is 1.12 bits per heavy atom. The maximum Gasteiger partial charge on any atom is -0.00771 e. The largest absolute Gasteiger partial charge is 0.330 e. The van der Waals surface area contributed by atoms with Crippen molar-refractivity contribution in [2.45, 2.75) is 131 Å². The summed E-state index contributed by atoms with van der Waals surface area (Å²) in [6.45, 7) is 27.9. The lowest BCUT2D eigenvalue weighted by Gasteiger charge is -2.39. The molecule has 1 aromatic rings. The van der Waals surface area contributed by atoms with Gasteiger partial charge in [-0.15, -0.1) is 0 Å². The van der Waals surface area contributed by atoms with Gasteiger partial charge in [0.2, 0.25) is 0 Å². The minimum Gasteiger partial charge on any atom is -0.330 e. The second-order valence-electron chi connectivity index (χ2n) is 14.3. The van der Waals surface area contributed by atoms with Crippen molar-refractivity contribution in [1.29, 1.82) is 0 Å². The molecular weight excluding hydrogens is 388 g/mol. The van der Waals surface area contributed by atoms with E-state index in [9.17, 15) is 0 Å². The summed E-state index contributed by atoms with van der Waals surface area (Å²) < 4.78 is 0. The fourth-order valence-corrected chi connectivity index (χ4v) is 5.78. The summed E-state index contributed by atoms with van der Waals surface area (Å²) in [6, 6.07) is 7.49. The van der Waals surface area contributed by atoms with E-state index < -0.39 is 0 Å². The van der Waals surface area contributed by atoms with Crippen molar-refractivity contribution in [2.24, 2.45) is 22.3 Å². The predicted molar refractivity (Wildman–Crippen MR) is 145 cm³/mol. The zero-order valence-electron chi connectivity index (χ0n) is 23.5. The summed E-state index contributed by atoms with van der Waals surface area (Å²) in [5.74, 6) is 0. The third-order valence-electron chi connectivity index (χ3n) is 7.32. The van der Waals surface area contributed by atoms with Crippen LogP contribution >= 0.6 is 0 Å². The van der Waals surface area contributed by atoms with E-state index in [-0.39, 0.29) is 27.1 Å². The van der Waals surface area contributed by atoms with Gasteiger partial charge in [-0.25, -0.2) is 0 Å². The second kappa shape index (κ2) is 10.6. The van der Waals surface area contributed by atoms with Crippen LogP contribution in [-0.2, 0) is 16.2 Å². The molecule has 0 aliphatic carbocycles. The first kappa shape index (κ1) is 29.2. The Morgan fingerprint density at radius 2 is 0.844 bits per heavy atom. The molecule has 0 aliphatic heterocycles. The Hall–Kier alpha value is -0.860. The maximum atomic E-state index is 5.82. The number of benzene rings is 1. The average molecular weight is 445 g/mol. The molecule has 0 unspecified atom stereocenters. The minimum atomic E-state index is 0.110. The maximum absolute atomic E-state index is 5.82. The Balaban J connectivity index is 3.43. The highest BCUT2D eigenvalue weighted by atomic mass is 14.5. The molecule has 1 rings (SSSR count). The lowest BCUT2D eigenvalue weighted by Crippen LogP contribution is -2.31. The summed E-state index contributed by atoms with van der Waals surface area (Å²) in [4.78, 5) is 0. The molecule has 0 aliphatic rings. The Morgan fingerprint density at radius 1 is 0.531 bits per heavy atom. The molecule has 0 atom stereocenters. The van der Waals surface area contributed by atoms with Gasteiger partial charge < -0.3 is 11.5 Å². The quantitative estimate of drug-likeness (QED) is 0.345. The van der Waals surface area contributed by atoms with Crippen LogP contribution in [-0.4, -0.2) is 13.1 Å². The predicted octanol–water partition coefficient (Wildman–Crippen LogP) is 7.85. The highest BCUT2D eigenvalue weighted by Crippen LogP contribution is 2.44. The first-order valence-corrected chi connectivity index (χ1v) is 12.9. The van der Waals surface area contributed by atoms with Crippen LogP contribution in [0.1, 0.15) is 131 Å². The second-order valence-corrected chi connectivity index (χ2v) is 14.3. The Labute approximate surface area is 201 Å². The number of hydrogen-bond acceptors (Lipinski definition) is 2. The van der Waals surface area contributed by atoms with Crippen molar-refractivity contribution in [3.63, 3.8) is 0 Å². The van der Waals surface area contributed by atoms with Crippen LogP contribution in [0.4, 0.5) is 0 Å². The molecule has 0 heterocycles. The fraction of sp³-hybridized carbons (Fsp3) is 0.800. The molecule has 0 fully saturated rings. The molecule has 0 spiro atoms. The molecule has 0 radical (unpaired) electrons. The van der Waals surface area contributed by atoms with Gasteiger partial charge in [-0.1, -0.05) is 94.4 Å². The number of nitrogens with two attached hydrogens (primary N) is 2. The molecule has 0 amide bonds. The molecule has 2 nitrogen and oxygen atoms in total. The van der Waals surface area contributed by atoms with Gasteiger partial charge >= 0.3 is 0 Å². The molecular formula is C30H56N2. The molecule has 0 aromatic heterocycles. The van der Waals surface area contributed by atoms with E-state index in [2.05, 4.69) is 94.4 Å². The van der Waals surface area contributed by atoms with Crippen LogP contribution in [0.2, 0.25) is 0 Å². The molecule has 0 saturated heterocycles. The molecule has 0 bridgehead atoms. The molecule has 2 heteroatoms. The van der Waals surface area contributed by atoms with Gasteiger partial charge in [0, 0.05) is 0 Å². The van der Waals surface area contributed by atoms with Crippen LogP contribution in [0.15, 0.2) is 18.2 Å². The highest BCUT2D eigenvalue weighted by molar-refractivity contribution is 5.40. The van der Waals surface area contributed by atoms with E-state index in [1.165, 1.54) is 29.5 Å². The third-order valence-corrected chi connectivity index (χ3v) is 7.32. The standard InChI is InChI=1S/C30H56N2/c1-26(2,3)23-18-24(29(8,9)21-27(4,5)14-12-16-31)20-25(19-23)30(10,11)22-28(6,7)15-13-17-32/h18-20H,12-17,21-22,31-32H2,1-11H3. The Kier molecular flexibility index (Phi) is 9.66. The van der Waals surface area contributed by atoms with Crippen molar-refractivity contribution >= 4 is 0 Å². The van der Waals surface area contributed by atoms with Gasteiger partial charge in [0.15, 0.2) is 0 Å². The number of hydrogen-bond donors (Lipinski definition) is 2. The van der Waals surface area contributed by atoms with Crippen LogP contribution in [0.25, 0.3) is 0 Å². The first-order valence-electron chi connectivity index (χ1n) is 12.9. The van der Waals surface area contributed by atoms with Gasteiger partial charge in [-0.2, -0.15) is 0 Å². The van der Waals surface area contributed by atoms with E-state index in [1.54, 1.807) is 0 Å². The lowest BCUT2D eigenvalue weighted by atomic mass is 9.65. The normalized spacial score (nSPS) is 14.2. The van der Waals surface area contributed by atoms with Gasteiger partial charge in [-0.3, -0.25) is 0 Å². The number of rotatable bonds is 12. The van der Waals surface area contributed by atoms with E-state index in [0.29, 0.717) is 0 Å². The van der Waals surface area contributed by atoms with Gasteiger partial charge in [0.25, 0.3) is 0 Å². The molecule has 1 aromatic carbocycles. The summed E-state index contributed by atoms with van der Waals surface area (Å²) in [7, 11) is 0. The van der Waals surface area contributed by atoms with Crippen molar-refractivity contribution in [3.8, 4) is 0 Å². The summed E-state index contributed by atoms with van der Waals surface area (Å²) in [5, 5.41) is 0. The van der Waals surface area contributed by atoms with Crippen molar-refractivity contribution < 1.29 is 0 Å². The van der Waals surface area contributed by atoms with E-state index in [0.717, 1.165) is 38.8 Å². The summed E-state index contributed by atoms with van der Waals surface area (Å²) in [6.07, 6.45) is 6.88. The SMILES string of the molecule is CC(C)(CCCN)CC(C)(C)c1cc(C(C)(C)C)cc(C(C)(C)CC(C)(C)CCCN)c1. The highest BCUT2D eigenvalue weighted by Gasteiger charge is 2.34. The van der Waals surface area contributed by atoms with E-state index in [4.69, 9.17) is 11.5 Å². The zero-order chi connectivity index (χ0) is 25.0. The smallest absolute Gasteiger partial charge is 0.00771 e. The first-order chi connectivity index (χ1) is 14.4. The third kappa shape index (κ3) is 8.82. The van der Waals surface area contributed by atoms with Crippen LogP contribution in [0, 0.1) is 10.8 Å². The van der Waals surface area contributed by atoms with Crippen LogP contribution < -0.4 is 11.5 Å². The Bertz CT molecular complexity index is 665. The molecule has 0 saturated carbocycles. The molecule has 4 N–H and O–H groups in total. The lowest BCUT2D eigenvalue weighted by molar-refractivity contribution is 0.231. The monoisotopic (exact) mass is 444 g/mol.